The van der Waals surface area contributed by atoms with E-state index in [-0.39, 0.29) is 16.9 Å². The van der Waals surface area contributed by atoms with E-state index in [9.17, 15) is 9.18 Å². The Bertz CT molecular complexity index is 1340. The molecule has 0 saturated heterocycles. The molecule has 0 aliphatic rings. The van der Waals surface area contributed by atoms with Crippen molar-refractivity contribution in [2.24, 2.45) is 14.1 Å². The second kappa shape index (κ2) is 8.97. The molecule has 10 heteroatoms. The molecule has 4 rings (SSSR count). The van der Waals surface area contributed by atoms with Crippen molar-refractivity contribution in [3.05, 3.63) is 66.4 Å². The van der Waals surface area contributed by atoms with Crippen LogP contribution in [0, 0.1) is 5.82 Å². The topological polar surface area (TPSA) is 98.9 Å². The van der Waals surface area contributed by atoms with Crippen molar-refractivity contribution in [1.82, 2.24) is 24.5 Å². The molecular weight excluding hydrogens is 437 g/mol. The van der Waals surface area contributed by atoms with Gasteiger partial charge in [-0.15, -0.1) is 0 Å². The first kappa shape index (κ1) is 23.0. The van der Waals surface area contributed by atoms with Crippen molar-refractivity contribution in [3.8, 4) is 22.9 Å². The quantitative estimate of drug-likeness (QED) is 0.430. The lowest BCUT2D eigenvalue weighted by Gasteiger charge is -2.19. The number of hydrogen-bond acceptors (Lipinski definition) is 5. The van der Waals surface area contributed by atoms with Crippen LogP contribution in [-0.4, -0.2) is 30.6 Å². The molecule has 176 valence electrons. The number of aromatic nitrogens is 5. The van der Waals surface area contributed by atoms with E-state index in [1.54, 1.807) is 47.0 Å². The highest BCUT2D eigenvalue weighted by Crippen LogP contribution is 2.30. The Morgan fingerprint density at radius 3 is 2.47 bits per heavy atom. The summed E-state index contributed by atoms with van der Waals surface area (Å²) < 4.78 is 23.8. The number of hydrogen-bond donors (Lipinski definition) is 2. The van der Waals surface area contributed by atoms with E-state index in [0.717, 1.165) is 5.56 Å². The predicted molar refractivity (Wildman–Crippen MR) is 127 cm³/mol. The number of urea groups is 1. The molecule has 2 amide bonds. The van der Waals surface area contributed by atoms with E-state index < -0.39 is 11.8 Å². The minimum atomic E-state index is -0.632. The fourth-order valence-corrected chi connectivity index (χ4v) is 3.36. The Kier molecular flexibility index (Phi) is 6.06. The minimum Gasteiger partial charge on any atom is -0.457 e. The average molecular weight is 464 g/mol. The number of ether oxygens (including phenoxy) is 1. The Labute approximate surface area is 196 Å². The number of carbonyl (C=O) groups excluding carboxylic acids is 1. The van der Waals surface area contributed by atoms with Gasteiger partial charge in [0, 0.05) is 44.2 Å². The zero-order valence-corrected chi connectivity index (χ0v) is 19.6. The maximum Gasteiger partial charge on any atom is 0.324 e. The smallest absolute Gasteiger partial charge is 0.324 e. The van der Waals surface area contributed by atoms with Crippen LogP contribution in [-0.2, 0) is 19.5 Å². The maximum atomic E-state index is 14.7. The van der Waals surface area contributed by atoms with Gasteiger partial charge in [0.1, 0.15) is 28.8 Å². The van der Waals surface area contributed by atoms with Gasteiger partial charge < -0.3 is 10.1 Å². The molecule has 0 bridgehead atoms. The fourth-order valence-electron chi connectivity index (χ4n) is 3.36. The number of benzene rings is 1. The molecule has 0 spiro atoms. The monoisotopic (exact) mass is 463 g/mol. The lowest BCUT2D eigenvalue weighted by atomic mass is 9.89. The molecule has 3 heterocycles. The lowest BCUT2D eigenvalue weighted by molar-refractivity contribution is 0.262. The van der Waals surface area contributed by atoms with Crippen LogP contribution in [0.2, 0.25) is 0 Å². The number of rotatable bonds is 5. The van der Waals surface area contributed by atoms with Crippen LogP contribution in [0.25, 0.3) is 11.4 Å². The van der Waals surface area contributed by atoms with Crippen molar-refractivity contribution >= 4 is 17.5 Å². The second-order valence-electron chi connectivity index (χ2n) is 8.85. The standard InChI is InChI=1S/C24H26FN7O2/c1-24(2,3)17-14-27-32(5)22(17)29-23(33)28-19-7-6-15(12-18(19)25)34-16-8-10-26-21(13-16)20-9-11-31(4)30-20/h6-14H,1-5H3,(H2,28,29,33). The molecular formula is C24H26FN7O2. The number of pyridine rings is 1. The van der Waals surface area contributed by atoms with Crippen molar-refractivity contribution < 1.29 is 13.9 Å². The van der Waals surface area contributed by atoms with Gasteiger partial charge in [-0.1, -0.05) is 20.8 Å². The molecule has 3 aromatic heterocycles. The van der Waals surface area contributed by atoms with Crippen LogP contribution < -0.4 is 15.4 Å². The van der Waals surface area contributed by atoms with E-state index in [1.165, 1.54) is 12.1 Å². The van der Waals surface area contributed by atoms with Gasteiger partial charge in [0.25, 0.3) is 0 Å². The zero-order chi connectivity index (χ0) is 24.5. The summed E-state index contributed by atoms with van der Waals surface area (Å²) in [5, 5.41) is 13.8. The summed E-state index contributed by atoms with van der Waals surface area (Å²) >= 11 is 0. The summed E-state index contributed by atoms with van der Waals surface area (Å²) in [4.78, 5) is 16.8. The van der Waals surface area contributed by atoms with Crippen LogP contribution in [0.3, 0.4) is 0 Å². The second-order valence-corrected chi connectivity index (χ2v) is 8.85. The highest BCUT2D eigenvalue weighted by Gasteiger charge is 2.23. The molecule has 0 aliphatic carbocycles. The van der Waals surface area contributed by atoms with Crippen LogP contribution in [0.15, 0.2) is 55.0 Å². The molecule has 0 radical (unpaired) electrons. The van der Waals surface area contributed by atoms with Crippen molar-refractivity contribution in [2.45, 2.75) is 26.2 Å². The molecule has 9 nitrogen and oxygen atoms in total. The third kappa shape index (κ3) is 5.06. The van der Waals surface area contributed by atoms with E-state index >= 15 is 0 Å². The lowest BCUT2D eigenvalue weighted by Crippen LogP contribution is -2.24. The summed E-state index contributed by atoms with van der Waals surface area (Å²) in [7, 11) is 3.55. The summed E-state index contributed by atoms with van der Waals surface area (Å²) in [6, 6.07) is 8.89. The van der Waals surface area contributed by atoms with Gasteiger partial charge in [-0.2, -0.15) is 10.2 Å². The molecule has 0 fully saturated rings. The Balaban J connectivity index is 1.45. The first-order valence-electron chi connectivity index (χ1n) is 10.6. The molecule has 4 aromatic rings. The largest absolute Gasteiger partial charge is 0.457 e. The molecule has 0 atom stereocenters. The van der Waals surface area contributed by atoms with Gasteiger partial charge in [0.2, 0.25) is 0 Å². The minimum absolute atomic E-state index is 0.0215. The Morgan fingerprint density at radius 2 is 1.79 bits per heavy atom. The van der Waals surface area contributed by atoms with Gasteiger partial charge in [-0.05, 0) is 29.7 Å². The van der Waals surface area contributed by atoms with Gasteiger partial charge in [0.15, 0.2) is 0 Å². The van der Waals surface area contributed by atoms with E-state index in [0.29, 0.717) is 23.0 Å². The van der Waals surface area contributed by atoms with Crippen molar-refractivity contribution in [1.29, 1.82) is 0 Å². The average Bonchev–Trinajstić information content (AvgIpc) is 3.36. The van der Waals surface area contributed by atoms with Gasteiger partial charge in [-0.25, -0.2) is 9.18 Å². The number of anilines is 2. The third-order valence-electron chi connectivity index (χ3n) is 5.11. The molecule has 0 aliphatic heterocycles. The Morgan fingerprint density at radius 1 is 1.03 bits per heavy atom. The number of carbonyl (C=O) groups is 1. The van der Waals surface area contributed by atoms with Crippen LogP contribution >= 0.6 is 0 Å². The summed E-state index contributed by atoms with van der Waals surface area (Å²) in [6.07, 6.45) is 5.13. The first-order valence-corrected chi connectivity index (χ1v) is 10.6. The van der Waals surface area contributed by atoms with Gasteiger partial charge >= 0.3 is 6.03 Å². The van der Waals surface area contributed by atoms with Crippen LogP contribution in [0.5, 0.6) is 11.5 Å². The molecule has 0 saturated carbocycles. The fraction of sp³-hybridized carbons (Fsp3) is 0.250. The zero-order valence-electron chi connectivity index (χ0n) is 19.6. The number of amides is 2. The van der Waals surface area contributed by atoms with Crippen LogP contribution in [0.1, 0.15) is 26.3 Å². The molecule has 1 aromatic carbocycles. The third-order valence-corrected chi connectivity index (χ3v) is 5.11. The van der Waals surface area contributed by atoms with E-state index in [4.69, 9.17) is 4.74 Å². The number of nitrogens with zero attached hydrogens (tertiary/aromatic N) is 5. The Hall–Kier alpha value is -4.21. The summed E-state index contributed by atoms with van der Waals surface area (Å²) in [6.45, 7) is 6.06. The highest BCUT2D eigenvalue weighted by molar-refractivity contribution is 5.99. The molecule has 0 unspecified atom stereocenters. The van der Waals surface area contributed by atoms with Crippen molar-refractivity contribution in [2.75, 3.05) is 10.6 Å². The molecule has 34 heavy (non-hydrogen) atoms. The maximum absolute atomic E-state index is 14.7. The van der Waals surface area contributed by atoms with Gasteiger partial charge in [0.05, 0.1) is 17.6 Å². The predicted octanol–water partition coefficient (Wildman–Crippen LogP) is 5.09. The summed E-state index contributed by atoms with van der Waals surface area (Å²) in [5.41, 5.74) is 2.01. The number of nitrogens with one attached hydrogen (secondary N) is 2. The van der Waals surface area contributed by atoms with E-state index in [1.807, 2.05) is 40.1 Å². The number of halogens is 1. The summed E-state index contributed by atoms with van der Waals surface area (Å²) in [5.74, 6) is 0.683. The SMILES string of the molecule is Cn1ccc(-c2cc(Oc3ccc(NC(=O)Nc4c(C(C)(C)C)cnn4C)c(F)c3)ccn2)n1. The number of aryl methyl sites for hydroxylation is 2. The molecule has 2 N–H and O–H groups in total. The first-order chi connectivity index (χ1) is 16.1. The van der Waals surface area contributed by atoms with Gasteiger partial charge in [-0.3, -0.25) is 19.7 Å². The van der Waals surface area contributed by atoms with E-state index in [2.05, 4.69) is 25.8 Å². The highest BCUT2D eigenvalue weighted by atomic mass is 19.1. The normalized spacial score (nSPS) is 11.4. The van der Waals surface area contributed by atoms with Crippen molar-refractivity contribution in [3.63, 3.8) is 0 Å². The van der Waals surface area contributed by atoms with Crippen LogP contribution in [0.4, 0.5) is 20.7 Å².